The first-order valence-electron chi connectivity index (χ1n) is 7.64. The van der Waals surface area contributed by atoms with Crippen LogP contribution in [0.1, 0.15) is 54.6 Å². The van der Waals surface area contributed by atoms with Crippen LogP contribution in [0.2, 0.25) is 5.02 Å². The lowest BCUT2D eigenvalue weighted by atomic mass is 9.93. The van der Waals surface area contributed by atoms with Crippen LogP contribution >= 0.6 is 11.6 Å². The maximum Gasteiger partial charge on any atom is 0.405 e. The van der Waals surface area contributed by atoms with E-state index < -0.39 is 12.1 Å². The lowest BCUT2D eigenvalue weighted by molar-refractivity contribution is 0.0867. The highest BCUT2D eigenvalue weighted by Crippen LogP contribution is 2.23. The fraction of sp³-hybridized carbons (Fsp3) is 0.500. The second kappa shape index (κ2) is 7.66. The number of carbonyl (C=O) groups is 2. The van der Waals surface area contributed by atoms with Crippen LogP contribution in [0.3, 0.4) is 0 Å². The van der Waals surface area contributed by atoms with E-state index in [1.54, 1.807) is 25.1 Å². The van der Waals surface area contributed by atoms with Crippen LogP contribution in [0.25, 0.3) is 0 Å². The third-order valence-electron chi connectivity index (χ3n) is 4.11. The molecule has 1 fully saturated rings. The number of amides is 2. The minimum Gasteiger partial charge on any atom is -0.465 e. The van der Waals surface area contributed by atoms with Gasteiger partial charge in [-0.3, -0.25) is 4.79 Å². The number of hydrogen-bond acceptors (Lipinski definition) is 3. The largest absolute Gasteiger partial charge is 0.465 e. The zero-order valence-corrected chi connectivity index (χ0v) is 13.6. The van der Waals surface area contributed by atoms with E-state index in [1.807, 2.05) is 0 Å². The van der Waals surface area contributed by atoms with Crippen LogP contribution in [0.4, 0.5) is 4.79 Å². The third-order valence-corrected chi connectivity index (χ3v) is 4.42. The summed E-state index contributed by atoms with van der Waals surface area (Å²) in [7, 11) is 0. The molecular formula is C16H21ClN2O4. The highest BCUT2D eigenvalue weighted by molar-refractivity contribution is 6.33. The molecule has 0 unspecified atom stereocenters. The Balaban J connectivity index is 2.02. The quantitative estimate of drug-likeness (QED) is 0.677. The molecule has 0 spiro atoms. The Bertz CT molecular complexity index is 585. The molecule has 2 amide bonds. The average Bonchev–Trinajstić information content (AvgIpc) is 2.48. The Labute approximate surface area is 139 Å². The van der Waals surface area contributed by atoms with E-state index in [9.17, 15) is 14.7 Å². The van der Waals surface area contributed by atoms with E-state index in [-0.39, 0.29) is 23.1 Å². The number of benzene rings is 1. The fourth-order valence-corrected chi connectivity index (χ4v) is 3.01. The SMILES string of the molecule is C[C@H](NC(=O)O)c1ccc(C(=O)NC2CCC(O)CC2)c(Cl)c1. The van der Waals surface area contributed by atoms with Crippen molar-refractivity contribution in [2.75, 3.05) is 0 Å². The van der Waals surface area contributed by atoms with Crippen molar-refractivity contribution in [2.24, 2.45) is 0 Å². The molecule has 1 atom stereocenters. The van der Waals surface area contributed by atoms with E-state index >= 15 is 0 Å². The molecule has 0 saturated heterocycles. The number of rotatable bonds is 4. The van der Waals surface area contributed by atoms with Gasteiger partial charge < -0.3 is 20.8 Å². The van der Waals surface area contributed by atoms with Gasteiger partial charge in [-0.2, -0.15) is 0 Å². The number of hydrogen-bond donors (Lipinski definition) is 4. The van der Waals surface area contributed by atoms with E-state index in [0.717, 1.165) is 12.8 Å². The number of halogens is 1. The molecule has 0 bridgehead atoms. The van der Waals surface area contributed by atoms with Crippen molar-refractivity contribution in [3.8, 4) is 0 Å². The van der Waals surface area contributed by atoms with E-state index in [4.69, 9.17) is 16.7 Å². The van der Waals surface area contributed by atoms with Gasteiger partial charge in [-0.05, 0) is 50.3 Å². The molecule has 23 heavy (non-hydrogen) atoms. The van der Waals surface area contributed by atoms with Crippen molar-refractivity contribution in [3.63, 3.8) is 0 Å². The normalized spacial score (nSPS) is 22.2. The highest BCUT2D eigenvalue weighted by Gasteiger charge is 2.22. The van der Waals surface area contributed by atoms with Crippen molar-refractivity contribution in [1.82, 2.24) is 10.6 Å². The molecule has 1 saturated carbocycles. The van der Waals surface area contributed by atoms with E-state index in [2.05, 4.69) is 10.6 Å². The molecule has 0 aromatic heterocycles. The van der Waals surface area contributed by atoms with Crippen LogP contribution in [-0.4, -0.2) is 34.4 Å². The standard InChI is InChI=1S/C16H21ClN2O4/c1-9(18-16(22)23)10-2-7-13(14(17)8-10)15(21)19-11-3-5-12(20)6-4-11/h2,7-9,11-12,18,20H,3-6H2,1H3,(H,19,21)(H,22,23)/t9-,11?,12?/m0/s1. The van der Waals surface area contributed by atoms with Crippen molar-refractivity contribution in [2.45, 2.75) is 50.8 Å². The van der Waals surface area contributed by atoms with E-state index in [1.165, 1.54) is 0 Å². The van der Waals surface area contributed by atoms with Crippen LogP contribution < -0.4 is 10.6 Å². The first-order chi connectivity index (χ1) is 10.9. The molecule has 4 N–H and O–H groups in total. The molecule has 2 rings (SSSR count). The second-order valence-corrected chi connectivity index (χ2v) is 6.30. The van der Waals surface area contributed by atoms with Crippen LogP contribution in [0, 0.1) is 0 Å². The number of aliphatic hydroxyl groups is 1. The van der Waals surface area contributed by atoms with Crippen LogP contribution in [0.5, 0.6) is 0 Å². The minimum absolute atomic E-state index is 0.0502. The molecule has 0 aliphatic heterocycles. The van der Waals surface area contributed by atoms with Gasteiger partial charge in [0.05, 0.1) is 22.7 Å². The Morgan fingerprint density at radius 1 is 1.26 bits per heavy atom. The molecule has 0 radical (unpaired) electrons. The summed E-state index contributed by atoms with van der Waals surface area (Å²) in [5.41, 5.74) is 1.05. The lowest BCUT2D eigenvalue weighted by Crippen LogP contribution is -2.38. The van der Waals surface area contributed by atoms with Gasteiger partial charge in [0.15, 0.2) is 0 Å². The Morgan fingerprint density at radius 3 is 2.48 bits per heavy atom. The van der Waals surface area contributed by atoms with Gasteiger partial charge in [0.25, 0.3) is 5.91 Å². The van der Waals surface area contributed by atoms with Gasteiger partial charge in [-0.25, -0.2) is 4.79 Å². The molecule has 1 aliphatic carbocycles. The summed E-state index contributed by atoms with van der Waals surface area (Å²) >= 11 is 6.17. The summed E-state index contributed by atoms with van der Waals surface area (Å²) in [6.45, 7) is 1.70. The van der Waals surface area contributed by atoms with Gasteiger partial charge in [-0.15, -0.1) is 0 Å². The van der Waals surface area contributed by atoms with Crippen molar-refractivity contribution in [1.29, 1.82) is 0 Å². The van der Waals surface area contributed by atoms with Gasteiger partial charge in [0.1, 0.15) is 0 Å². The number of aliphatic hydroxyl groups excluding tert-OH is 1. The zero-order valence-electron chi connectivity index (χ0n) is 12.9. The smallest absolute Gasteiger partial charge is 0.405 e. The first kappa shape index (κ1) is 17.6. The lowest BCUT2D eigenvalue weighted by Gasteiger charge is -2.26. The predicted octanol–water partition coefficient (Wildman–Crippen LogP) is 2.70. The average molecular weight is 341 g/mol. The summed E-state index contributed by atoms with van der Waals surface area (Å²) in [5.74, 6) is -0.248. The Hall–Kier alpha value is -1.79. The summed E-state index contributed by atoms with van der Waals surface area (Å²) in [4.78, 5) is 23.0. The molecule has 126 valence electrons. The van der Waals surface area contributed by atoms with Gasteiger partial charge in [-0.1, -0.05) is 17.7 Å². The minimum atomic E-state index is -1.12. The summed E-state index contributed by atoms with van der Waals surface area (Å²) in [6.07, 6.45) is 1.50. The molecule has 6 nitrogen and oxygen atoms in total. The van der Waals surface area contributed by atoms with Crippen LogP contribution in [0.15, 0.2) is 18.2 Å². The monoisotopic (exact) mass is 340 g/mol. The second-order valence-electron chi connectivity index (χ2n) is 5.89. The van der Waals surface area contributed by atoms with Gasteiger partial charge >= 0.3 is 6.09 Å². The summed E-state index contributed by atoms with van der Waals surface area (Å²) in [5, 5.41) is 23.8. The van der Waals surface area contributed by atoms with Crippen LogP contribution in [-0.2, 0) is 0 Å². The van der Waals surface area contributed by atoms with Crippen molar-refractivity contribution < 1.29 is 19.8 Å². The Morgan fingerprint density at radius 2 is 1.91 bits per heavy atom. The summed E-state index contributed by atoms with van der Waals surface area (Å²) in [6, 6.07) is 4.52. The molecule has 1 aromatic rings. The third kappa shape index (κ3) is 4.84. The maximum atomic E-state index is 12.3. The first-order valence-corrected chi connectivity index (χ1v) is 8.02. The molecule has 7 heteroatoms. The number of carbonyl (C=O) groups excluding carboxylic acids is 1. The molecule has 0 heterocycles. The molecule has 1 aromatic carbocycles. The Kier molecular flexibility index (Phi) is 5.85. The maximum absolute atomic E-state index is 12.3. The summed E-state index contributed by atoms with van der Waals surface area (Å²) < 4.78 is 0. The molecule has 1 aliphatic rings. The topological polar surface area (TPSA) is 98.7 Å². The van der Waals surface area contributed by atoms with E-state index in [0.29, 0.717) is 24.0 Å². The number of carboxylic acid groups (broad SMARTS) is 1. The fourth-order valence-electron chi connectivity index (χ4n) is 2.74. The van der Waals surface area contributed by atoms with Gasteiger partial charge in [0.2, 0.25) is 0 Å². The van der Waals surface area contributed by atoms with Crippen molar-refractivity contribution in [3.05, 3.63) is 34.3 Å². The zero-order chi connectivity index (χ0) is 17.0. The predicted molar refractivity (Wildman–Crippen MR) is 86.8 cm³/mol. The number of nitrogens with one attached hydrogen (secondary N) is 2. The van der Waals surface area contributed by atoms with Crippen molar-refractivity contribution >= 4 is 23.6 Å². The highest BCUT2D eigenvalue weighted by atomic mass is 35.5. The van der Waals surface area contributed by atoms with Gasteiger partial charge in [0, 0.05) is 6.04 Å². The molecular weight excluding hydrogens is 320 g/mol.